The van der Waals surface area contributed by atoms with Crippen LogP contribution < -0.4 is 5.11 Å². The van der Waals surface area contributed by atoms with E-state index >= 15 is 0 Å². The first-order valence-corrected chi connectivity index (χ1v) is 10.8. The standard InChI is InChI=1S/C13H25NO5S.C5H11NO2/c1-4-13(15)19-11-7-5-6-9-14(2,3)10-8-12-20(16,17)18;1-6(2,3)4-5(7)8/h4H,1,5-12H2,2-3H3;4H2,1-3H3/p+1. The Morgan fingerprint density at radius 1 is 1.04 bits per heavy atom. The average molecular weight is 426 g/mol. The van der Waals surface area contributed by atoms with Crippen molar-refractivity contribution >= 4 is 22.1 Å². The average Bonchev–Trinajstić information content (AvgIpc) is 2.46. The minimum atomic E-state index is -3.86. The fourth-order valence-corrected chi connectivity index (χ4v) is 2.72. The Balaban J connectivity index is 0. The second kappa shape index (κ2) is 13.6. The van der Waals surface area contributed by atoms with E-state index in [-0.39, 0.29) is 12.3 Å². The first-order chi connectivity index (χ1) is 12.6. The highest BCUT2D eigenvalue weighted by molar-refractivity contribution is 7.85. The Hall–Kier alpha value is -1.49. The fraction of sp³-hybridized carbons (Fsp3) is 0.778. The van der Waals surface area contributed by atoms with Gasteiger partial charge in [0, 0.05) is 12.5 Å². The van der Waals surface area contributed by atoms with Gasteiger partial charge in [0.25, 0.3) is 10.1 Å². The summed E-state index contributed by atoms with van der Waals surface area (Å²) in [5.74, 6) is -1.59. The van der Waals surface area contributed by atoms with Crippen LogP contribution in [0.15, 0.2) is 12.7 Å². The molecule has 0 rings (SSSR count). The van der Waals surface area contributed by atoms with Crippen molar-refractivity contribution in [3.63, 3.8) is 0 Å². The SMILES string of the molecule is C=CC(=O)OCCCCC[N+](C)(C)CCCS(=O)(=O)O.C[N+](C)(C)CC(=O)[O-]. The molecule has 0 aromatic heterocycles. The number of hydrogen-bond donors (Lipinski definition) is 1. The topological polar surface area (TPSA) is 121 Å². The summed E-state index contributed by atoms with van der Waals surface area (Å²) >= 11 is 0. The summed E-state index contributed by atoms with van der Waals surface area (Å²) in [4.78, 5) is 20.7. The van der Waals surface area contributed by atoms with Crippen LogP contribution in [0.25, 0.3) is 0 Å². The summed E-state index contributed by atoms with van der Waals surface area (Å²) in [6, 6.07) is 0. The lowest BCUT2D eigenvalue weighted by atomic mass is 10.2. The molecule has 0 atom stereocenters. The van der Waals surface area contributed by atoms with Crippen LogP contribution in [-0.4, -0.2) is 101 Å². The number of rotatable bonds is 13. The summed E-state index contributed by atoms with van der Waals surface area (Å²) in [5, 5.41) is 9.89. The van der Waals surface area contributed by atoms with E-state index in [1.807, 2.05) is 14.1 Å². The molecular formula is C18H37N2O7S+. The number of carboxylic acids is 1. The van der Waals surface area contributed by atoms with Gasteiger partial charge in [-0.3, -0.25) is 4.55 Å². The summed E-state index contributed by atoms with van der Waals surface area (Å²) in [7, 11) is 5.61. The molecular weight excluding hydrogens is 388 g/mol. The number of unbranched alkanes of at least 4 members (excludes halogenated alkanes) is 2. The van der Waals surface area contributed by atoms with Crippen LogP contribution in [0.1, 0.15) is 25.7 Å². The molecule has 0 aliphatic carbocycles. The van der Waals surface area contributed by atoms with Gasteiger partial charge in [0.2, 0.25) is 0 Å². The Kier molecular flexibility index (Phi) is 14.0. The lowest BCUT2D eigenvalue weighted by Crippen LogP contribution is -2.45. The number of carbonyl (C=O) groups is 2. The maximum atomic E-state index is 10.8. The third kappa shape index (κ3) is 24.5. The lowest BCUT2D eigenvalue weighted by Gasteiger charge is -2.29. The van der Waals surface area contributed by atoms with Crippen molar-refractivity contribution in [2.24, 2.45) is 0 Å². The normalized spacial score (nSPS) is 11.9. The van der Waals surface area contributed by atoms with Crippen LogP contribution in [-0.2, 0) is 24.4 Å². The molecule has 166 valence electrons. The van der Waals surface area contributed by atoms with Crippen LogP contribution >= 0.6 is 0 Å². The van der Waals surface area contributed by atoms with E-state index in [1.54, 1.807) is 21.1 Å². The van der Waals surface area contributed by atoms with E-state index in [0.29, 0.717) is 28.5 Å². The zero-order chi connectivity index (χ0) is 22.4. The molecule has 28 heavy (non-hydrogen) atoms. The second-order valence-electron chi connectivity index (χ2n) is 8.28. The molecule has 0 radical (unpaired) electrons. The minimum absolute atomic E-state index is 0.0694. The highest BCUT2D eigenvalue weighted by Gasteiger charge is 2.16. The minimum Gasteiger partial charge on any atom is -0.544 e. The molecule has 9 nitrogen and oxygen atoms in total. The van der Waals surface area contributed by atoms with Crippen molar-refractivity contribution in [3.8, 4) is 0 Å². The van der Waals surface area contributed by atoms with Gasteiger partial charge >= 0.3 is 5.97 Å². The summed E-state index contributed by atoms with van der Waals surface area (Å²) in [6.45, 7) is 5.41. The van der Waals surface area contributed by atoms with E-state index in [0.717, 1.165) is 31.9 Å². The number of carbonyl (C=O) groups excluding carboxylic acids is 2. The number of ether oxygens (including phenoxy) is 1. The molecule has 0 fully saturated rings. The van der Waals surface area contributed by atoms with Crippen molar-refractivity contribution in [2.75, 3.05) is 67.2 Å². The Morgan fingerprint density at radius 2 is 1.57 bits per heavy atom. The van der Waals surface area contributed by atoms with Crippen LogP contribution in [0.5, 0.6) is 0 Å². The van der Waals surface area contributed by atoms with Crippen LogP contribution in [0.2, 0.25) is 0 Å². The van der Waals surface area contributed by atoms with Gasteiger partial charge in [-0.1, -0.05) is 6.58 Å². The van der Waals surface area contributed by atoms with Crippen molar-refractivity contribution in [2.45, 2.75) is 25.7 Å². The molecule has 0 bridgehead atoms. The molecule has 0 saturated carbocycles. The molecule has 1 N–H and O–H groups in total. The van der Waals surface area contributed by atoms with Gasteiger partial charge in [-0.2, -0.15) is 8.42 Å². The highest BCUT2D eigenvalue weighted by Crippen LogP contribution is 2.06. The Bertz CT molecular complexity index is 581. The number of hydrogen-bond acceptors (Lipinski definition) is 6. The summed E-state index contributed by atoms with van der Waals surface area (Å²) in [5.41, 5.74) is 0. The van der Waals surface area contributed by atoms with Gasteiger partial charge in [0.1, 0.15) is 6.54 Å². The maximum absolute atomic E-state index is 10.8. The third-order valence-corrected chi connectivity index (χ3v) is 4.39. The van der Waals surface area contributed by atoms with Crippen molar-refractivity contribution in [1.82, 2.24) is 0 Å². The van der Waals surface area contributed by atoms with Crippen LogP contribution in [0, 0.1) is 0 Å². The fourth-order valence-electron chi connectivity index (χ4n) is 2.22. The molecule has 0 aromatic carbocycles. The van der Waals surface area contributed by atoms with Crippen molar-refractivity contribution in [3.05, 3.63) is 12.7 Å². The lowest BCUT2D eigenvalue weighted by molar-refractivity contribution is -0.890. The number of carboxylic acid groups (broad SMARTS) is 1. The van der Waals surface area contributed by atoms with Gasteiger partial charge in [-0.25, -0.2) is 4.79 Å². The first kappa shape index (κ1) is 28.7. The van der Waals surface area contributed by atoms with Crippen molar-refractivity contribution < 1.29 is 41.4 Å². The molecule has 0 aromatic rings. The van der Waals surface area contributed by atoms with Crippen molar-refractivity contribution in [1.29, 1.82) is 0 Å². The largest absolute Gasteiger partial charge is 0.544 e. The molecule has 0 aliphatic rings. The molecule has 10 heteroatoms. The Morgan fingerprint density at radius 3 is 1.96 bits per heavy atom. The molecule has 0 saturated heterocycles. The molecule has 0 aliphatic heterocycles. The van der Waals surface area contributed by atoms with Crippen LogP contribution in [0.3, 0.4) is 0 Å². The summed E-state index contributed by atoms with van der Waals surface area (Å²) in [6.07, 6.45) is 4.33. The van der Waals surface area contributed by atoms with E-state index in [2.05, 4.69) is 6.58 Å². The van der Waals surface area contributed by atoms with Gasteiger partial charge in [-0.15, -0.1) is 0 Å². The van der Waals surface area contributed by atoms with E-state index in [9.17, 15) is 23.1 Å². The molecule has 0 spiro atoms. The quantitative estimate of drug-likeness (QED) is 0.141. The zero-order valence-corrected chi connectivity index (χ0v) is 18.7. The Labute approximate surface area is 169 Å². The van der Waals surface area contributed by atoms with E-state index in [4.69, 9.17) is 9.29 Å². The molecule has 0 amide bonds. The number of esters is 1. The number of likely N-dealkylation sites (N-methyl/N-ethyl adjacent to an activating group) is 1. The monoisotopic (exact) mass is 425 g/mol. The van der Waals surface area contributed by atoms with E-state index < -0.39 is 22.1 Å². The van der Waals surface area contributed by atoms with Gasteiger partial charge < -0.3 is 23.6 Å². The van der Waals surface area contributed by atoms with E-state index in [1.165, 1.54) is 0 Å². The number of aliphatic carboxylic acids is 1. The zero-order valence-electron chi connectivity index (χ0n) is 17.8. The maximum Gasteiger partial charge on any atom is 0.330 e. The summed E-state index contributed by atoms with van der Waals surface area (Å²) < 4.78 is 35.9. The molecule has 0 unspecified atom stereocenters. The van der Waals surface area contributed by atoms with Gasteiger partial charge in [0.05, 0.1) is 66.7 Å². The molecule has 0 heterocycles. The van der Waals surface area contributed by atoms with Gasteiger partial charge in [-0.05, 0) is 19.3 Å². The number of quaternary nitrogens is 2. The first-order valence-electron chi connectivity index (χ1n) is 9.14. The highest BCUT2D eigenvalue weighted by atomic mass is 32.2. The number of nitrogens with zero attached hydrogens (tertiary/aromatic N) is 2. The predicted octanol–water partition coefficient (Wildman–Crippen LogP) is -0.317. The second-order valence-corrected chi connectivity index (χ2v) is 9.85. The van der Waals surface area contributed by atoms with Gasteiger partial charge in [0.15, 0.2) is 0 Å². The predicted molar refractivity (Wildman–Crippen MR) is 106 cm³/mol. The third-order valence-electron chi connectivity index (χ3n) is 3.59. The van der Waals surface area contributed by atoms with Crippen LogP contribution in [0.4, 0.5) is 0 Å². The smallest absolute Gasteiger partial charge is 0.330 e.